The van der Waals surface area contributed by atoms with Crippen LogP contribution in [-0.4, -0.2) is 76.5 Å². The Morgan fingerprint density at radius 3 is 2.35 bits per heavy atom. The van der Waals surface area contributed by atoms with E-state index in [4.69, 9.17) is 29.7 Å². The molecule has 2 aromatic carbocycles. The zero-order chi connectivity index (χ0) is 34.2. The molecule has 0 spiro atoms. The molecule has 258 valence electrons. The number of allylic oxidation sites excluding steroid dienone is 1. The molecule has 1 atom stereocenters. The number of nitrogens with one attached hydrogen (secondary N) is 1. The monoisotopic (exact) mass is 638 g/mol. The molecule has 8 heteroatoms. The van der Waals surface area contributed by atoms with Crippen LogP contribution in [0.3, 0.4) is 0 Å². The molecule has 0 heterocycles. The van der Waals surface area contributed by atoms with Gasteiger partial charge in [-0.2, -0.15) is 0 Å². The summed E-state index contributed by atoms with van der Waals surface area (Å²) in [5, 5.41) is 3.34. The summed E-state index contributed by atoms with van der Waals surface area (Å²) in [5.74, 6) is 2.29. The maximum Gasteiger partial charge on any atom is 0.143 e. The molecule has 1 unspecified atom stereocenters. The van der Waals surface area contributed by atoms with Crippen LogP contribution in [0.1, 0.15) is 78.0 Å². The van der Waals surface area contributed by atoms with E-state index in [-0.39, 0.29) is 6.10 Å². The number of hydrogen-bond acceptors (Lipinski definition) is 7. The van der Waals surface area contributed by atoms with Gasteiger partial charge in [-0.05, 0) is 83.6 Å². The second kappa shape index (κ2) is 24.8. The Bertz CT molecular complexity index is 1170. The third-order valence-electron chi connectivity index (χ3n) is 7.28. The first-order valence-electron chi connectivity index (χ1n) is 17.1. The van der Waals surface area contributed by atoms with E-state index in [1.54, 1.807) is 7.11 Å². The first-order valence-corrected chi connectivity index (χ1v) is 17.1. The highest BCUT2D eigenvalue weighted by molar-refractivity contribution is 6.01. The molecule has 0 saturated heterocycles. The van der Waals surface area contributed by atoms with Gasteiger partial charge in [0, 0.05) is 25.6 Å². The van der Waals surface area contributed by atoms with Gasteiger partial charge in [-0.3, -0.25) is 0 Å². The van der Waals surface area contributed by atoms with Crippen LogP contribution < -0.4 is 20.5 Å². The van der Waals surface area contributed by atoms with Crippen molar-refractivity contribution < 1.29 is 18.9 Å². The fourth-order valence-corrected chi connectivity index (χ4v) is 4.59. The molecular formula is C38H62N4O4. The van der Waals surface area contributed by atoms with E-state index in [1.165, 1.54) is 11.1 Å². The van der Waals surface area contributed by atoms with Crippen molar-refractivity contribution in [2.24, 2.45) is 10.7 Å². The zero-order valence-electron chi connectivity index (χ0n) is 30.2. The van der Waals surface area contributed by atoms with Gasteiger partial charge in [-0.15, -0.1) is 0 Å². The molecule has 0 aliphatic carbocycles. The van der Waals surface area contributed by atoms with Gasteiger partial charge in [0.1, 0.15) is 28.8 Å². The summed E-state index contributed by atoms with van der Waals surface area (Å²) in [6, 6.07) is 14.1. The van der Waals surface area contributed by atoms with Gasteiger partial charge >= 0.3 is 0 Å². The Kier molecular flexibility index (Phi) is 22.0. The van der Waals surface area contributed by atoms with Crippen molar-refractivity contribution in [2.45, 2.75) is 80.8 Å². The van der Waals surface area contributed by atoms with Gasteiger partial charge in [-0.25, -0.2) is 4.99 Å². The molecule has 0 fully saturated rings. The number of rotatable bonds is 22. The van der Waals surface area contributed by atoms with E-state index in [2.05, 4.69) is 62.2 Å². The highest BCUT2D eigenvalue weighted by atomic mass is 16.5. The summed E-state index contributed by atoms with van der Waals surface area (Å²) in [7, 11) is 1.62. The highest BCUT2D eigenvalue weighted by Crippen LogP contribution is 2.26. The van der Waals surface area contributed by atoms with Crippen molar-refractivity contribution in [2.75, 3.05) is 59.7 Å². The van der Waals surface area contributed by atoms with E-state index < -0.39 is 0 Å². The van der Waals surface area contributed by atoms with E-state index in [1.807, 2.05) is 58.0 Å². The van der Waals surface area contributed by atoms with Crippen LogP contribution in [-0.2, 0) is 15.9 Å². The van der Waals surface area contributed by atoms with Crippen molar-refractivity contribution in [3.8, 4) is 11.5 Å². The number of benzene rings is 2. The molecule has 8 nitrogen and oxygen atoms in total. The Hall–Kier alpha value is -3.33. The number of nitrogens with two attached hydrogens (primary N) is 1. The Morgan fingerprint density at radius 2 is 1.72 bits per heavy atom. The molecule has 0 aliphatic heterocycles. The quantitative estimate of drug-likeness (QED) is 0.0460. The van der Waals surface area contributed by atoms with Crippen molar-refractivity contribution in [3.05, 3.63) is 82.8 Å². The predicted molar refractivity (Wildman–Crippen MR) is 194 cm³/mol. The number of methoxy groups -OCH3 is 1. The molecule has 2 aromatic rings. The number of ether oxygens (including phenoxy) is 4. The third-order valence-corrected chi connectivity index (χ3v) is 7.28. The van der Waals surface area contributed by atoms with Crippen molar-refractivity contribution >= 4 is 5.84 Å². The second-order valence-corrected chi connectivity index (χ2v) is 10.7. The molecule has 0 bridgehead atoms. The van der Waals surface area contributed by atoms with Crippen LogP contribution in [0.4, 0.5) is 0 Å². The topological polar surface area (TPSA) is 90.6 Å². The van der Waals surface area contributed by atoms with Crippen LogP contribution in [0, 0.1) is 6.92 Å². The van der Waals surface area contributed by atoms with Crippen molar-refractivity contribution in [1.29, 1.82) is 0 Å². The lowest BCUT2D eigenvalue weighted by Crippen LogP contribution is -2.25. The molecule has 0 aliphatic rings. The number of nitrogens with zero attached hydrogens (tertiary/aromatic N) is 2. The van der Waals surface area contributed by atoms with Crippen LogP contribution in [0.5, 0.6) is 11.5 Å². The Balaban J connectivity index is 0.00000518. The van der Waals surface area contributed by atoms with Crippen LogP contribution in [0.25, 0.3) is 0 Å². The first kappa shape index (κ1) is 40.7. The largest absolute Gasteiger partial charge is 0.496 e. The van der Waals surface area contributed by atoms with Crippen molar-refractivity contribution in [1.82, 2.24) is 10.2 Å². The third kappa shape index (κ3) is 15.8. The van der Waals surface area contributed by atoms with Crippen LogP contribution in [0.2, 0.25) is 0 Å². The van der Waals surface area contributed by atoms with E-state index >= 15 is 0 Å². The summed E-state index contributed by atoms with van der Waals surface area (Å²) in [5.41, 5.74) is 10.4. The summed E-state index contributed by atoms with van der Waals surface area (Å²) in [6.45, 7) is 23.2. The zero-order valence-corrected chi connectivity index (χ0v) is 30.2. The van der Waals surface area contributed by atoms with Gasteiger partial charge in [0.05, 0.1) is 32.0 Å². The minimum absolute atomic E-state index is 0.146. The van der Waals surface area contributed by atoms with E-state index in [0.717, 1.165) is 52.0 Å². The fraction of sp³-hybridized carbons (Fsp3) is 0.553. The maximum atomic E-state index is 6.56. The van der Waals surface area contributed by atoms with Crippen LogP contribution in [0.15, 0.2) is 71.1 Å². The molecule has 2 rings (SSSR count). The van der Waals surface area contributed by atoms with Gasteiger partial charge in [0.2, 0.25) is 0 Å². The maximum absolute atomic E-state index is 6.56. The molecule has 3 N–H and O–H groups in total. The molecule has 0 aromatic heterocycles. The minimum atomic E-state index is -0.146. The van der Waals surface area contributed by atoms with Gasteiger partial charge in [0.15, 0.2) is 0 Å². The van der Waals surface area contributed by atoms with Gasteiger partial charge in [0.25, 0.3) is 0 Å². The van der Waals surface area contributed by atoms with Gasteiger partial charge < -0.3 is 34.9 Å². The summed E-state index contributed by atoms with van der Waals surface area (Å²) in [4.78, 5) is 7.19. The Morgan fingerprint density at radius 1 is 1.00 bits per heavy atom. The normalized spacial score (nSPS) is 12.9. The second-order valence-electron chi connectivity index (χ2n) is 10.7. The van der Waals surface area contributed by atoms with E-state index in [9.17, 15) is 0 Å². The first-order chi connectivity index (χ1) is 22.3. The van der Waals surface area contributed by atoms with Gasteiger partial charge in [-0.1, -0.05) is 70.5 Å². The summed E-state index contributed by atoms with van der Waals surface area (Å²) in [6.07, 6.45) is 6.42. The smallest absolute Gasteiger partial charge is 0.143 e. The lowest BCUT2D eigenvalue weighted by molar-refractivity contribution is 0.0845. The molecule has 0 amide bonds. The lowest BCUT2D eigenvalue weighted by Gasteiger charge is -2.19. The Labute approximate surface area is 280 Å². The number of aliphatic imine (C=N–C) groups is 1. The fourth-order valence-electron chi connectivity index (χ4n) is 4.59. The number of amidine groups is 1. The highest BCUT2D eigenvalue weighted by Gasteiger charge is 2.14. The average molecular weight is 639 g/mol. The number of aryl methyl sites for hydroxylation is 1. The SMILES string of the molecule is C/C=C(N=C(N)c1ccc(OCCc2ccc(C)cc2)cc1OC)\C(=C/C(C)OCCCN(CC)CC)OCCCNCC.CC. The number of hydrogen-bond donors (Lipinski definition) is 2. The lowest BCUT2D eigenvalue weighted by atomic mass is 10.1. The van der Waals surface area contributed by atoms with Crippen LogP contribution >= 0.6 is 0 Å². The molecular weight excluding hydrogens is 576 g/mol. The van der Waals surface area contributed by atoms with E-state index in [0.29, 0.717) is 54.2 Å². The summed E-state index contributed by atoms with van der Waals surface area (Å²) >= 11 is 0. The molecule has 0 radical (unpaired) electrons. The standard InChI is InChI=1S/C36H56N4O4.C2H6/c1-8-33(35(44-23-12-21-38-9-2)26-29(6)42-24-13-22-40(10-3)11-4)39-36(37)32-19-18-31(27-34(32)41-7)43-25-20-30-16-14-28(5)15-17-30;1-2/h8,14-19,26-27,29,38H,9-13,20-25H2,1-7H3,(H2,37,39);1-2H3/b33-8+,35-26+;. The van der Waals surface area contributed by atoms with Crippen molar-refractivity contribution in [3.63, 3.8) is 0 Å². The molecule has 0 saturated carbocycles. The summed E-state index contributed by atoms with van der Waals surface area (Å²) < 4.78 is 24.1. The minimum Gasteiger partial charge on any atom is -0.496 e. The average Bonchev–Trinajstić information content (AvgIpc) is 3.08. The predicted octanol–water partition coefficient (Wildman–Crippen LogP) is 7.30. The molecule has 46 heavy (non-hydrogen) atoms.